The van der Waals surface area contributed by atoms with Crippen LogP contribution in [0.25, 0.3) is 0 Å². The van der Waals surface area contributed by atoms with E-state index >= 15 is 0 Å². The molecular formula is C22H32N2O5S. The molecule has 2 bridgehead atoms. The lowest BCUT2D eigenvalue weighted by atomic mass is 9.82. The molecule has 0 radical (unpaired) electrons. The molecule has 0 spiro atoms. The van der Waals surface area contributed by atoms with Gasteiger partial charge in [0.2, 0.25) is 10.0 Å². The first-order chi connectivity index (χ1) is 14.4. The Morgan fingerprint density at radius 2 is 1.87 bits per heavy atom. The van der Waals surface area contributed by atoms with Crippen molar-refractivity contribution in [3.63, 3.8) is 0 Å². The largest absolute Gasteiger partial charge is 0.480 e. The Labute approximate surface area is 179 Å². The molecule has 4 aliphatic rings. The van der Waals surface area contributed by atoms with E-state index in [1.165, 1.54) is 5.56 Å². The van der Waals surface area contributed by atoms with Gasteiger partial charge >= 0.3 is 0 Å². The molecule has 166 valence electrons. The van der Waals surface area contributed by atoms with Crippen molar-refractivity contribution in [3.05, 3.63) is 29.8 Å². The van der Waals surface area contributed by atoms with Gasteiger partial charge in [-0.1, -0.05) is 25.1 Å². The maximum atomic E-state index is 13.4. The van der Waals surface area contributed by atoms with E-state index < -0.39 is 16.1 Å². The van der Waals surface area contributed by atoms with Gasteiger partial charge in [-0.15, -0.1) is 0 Å². The van der Waals surface area contributed by atoms with Crippen molar-refractivity contribution in [2.24, 2.45) is 0 Å². The lowest BCUT2D eigenvalue weighted by Crippen LogP contribution is -2.52. The molecule has 1 aromatic carbocycles. The van der Waals surface area contributed by atoms with Crippen LogP contribution in [0.4, 0.5) is 0 Å². The fourth-order valence-electron chi connectivity index (χ4n) is 5.09. The van der Waals surface area contributed by atoms with Crippen LogP contribution in [-0.2, 0) is 19.6 Å². The zero-order chi connectivity index (χ0) is 21.3. The summed E-state index contributed by atoms with van der Waals surface area (Å²) in [4.78, 5) is 15.2. The summed E-state index contributed by atoms with van der Waals surface area (Å²) in [5, 5.41) is 0. The SMILES string of the molecule is CC[C@@H]1Oc2ccccc2C2CCC(CC2)OCC2C(NS(C)(=O)=O)CCN2C1=O. The summed E-state index contributed by atoms with van der Waals surface area (Å²) in [5.41, 5.74) is 1.18. The quantitative estimate of drug-likeness (QED) is 0.787. The van der Waals surface area contributed by atoms with Crippen molar-refractivity contribution >= 4 is 15.9 Å². The van der Waals surface area contributed by atoms with E-state index in [2.05, 4.69) is 10.8 Å². The zero-order valence-corrected chi connectivity index (χ0v) is 18.6. The molecule has 2 fully saturated rings. The summed E-state index contributed by atoms with van der Waals surface area (Å²) < 4.78 is 39.0. The van der Waals surface area contributed by atoms with Gasteiger partial charge in [0.15, 0.2) is 6.10 Å². The normalized spacial score (nSPS) is 32.4. The van der Waals surface area contributed by atoms with Crippen LogP contribution in [-0.4, -0.2) is 62.9 Å². The molecule has 0 aromatic heterocycles. The van der Waals surface area contributed by atoms with Gasteiger partial charge in [0.25, 0.3) is 5.91 Å². The lowest BCUT2D eigenvalue weighted by molar-refractivity contribution is -0.141. The molecule has 2 unspecified atom stereocenters. The summed E-state index contributed by atoms with van der Waals surface area (Å²) in [5.74, 6) is 1.11. The smallest absolute Gasteiger partial charge is 0.264 e. The molecule has 30 heavy (non-hydrogen) atoms. The zero-order valence-electron chi connectivity index (χ0n) is 17.7. The molecule has 3 atom stereocenters. The van der Waals surface area contributed by atoms with Gasteiger partial charge in [-0.05, 0) is 56.1 Å². The molecule has 7 nitrogen and oxygen atoms in total. The van der Waals surface area contributed by atoms with E-state index in [1.54, 1.807) is 4.90 Å². The molecule has 1 aromatic rings. The lowest BCUT2D eigenvalue weighted by Gasteiger charge is -2.32. The molecule has 8 heteroatoms. The summed E-state index contributed by atoms with van der Waals surface area (Å²) in [6.45, 7) is 2.79. The highest BCUT2D eigenvalue weighted by Gasteiger charge is 2.42. The topological polar surface area (TPSA) is 84.9 Å². The molecule has 3 aliphatic heterocycles. The third-order valence-electron chi connectivity index (χ3n) is 6.65. The first-order valence-corrected chi connectivity index (χ1v) is 12.9. The second-order valence-electron chi connectivity index (χ2n) is 8.74. The average molecular weight is 437 g/mol. The maximum Gasteiger partial charge on any atom is 0.264 e. The Morgan fingerprint density at radius 1 is 1.13 bits per heavy atom. The van der Waals surface area contributed by atoms with Crippen molar-refractivity contribution in [1.82, 2.24) is 9.62 Å². The summed E-state index contributed by atoms with van der Waals surface area (Å²) in [7, 11) is -3.38. The number of hydrogen-bond acceptors (Lipinski definition) is 5. The number of para-hydroxylation sites is 1. The van der Waals surface area contributed by atoms with Gasteiger partial charge in [0.1, 0.15) is 5.75 Å². The number of ether oxygens (including phenoxy) is 2. The van der Waals surface area contributed by atoms with E-state index in [9.17, 15) is 13.2 Å². The second-order valence-corrected chi connectivity index (χ2v) is 10.5. The molecule has 1 saturated carbocycles. The Balaban J connectivity index is 1.66. The van der Waals surface area contributed by atoms with Crippen LogP contribution in [0.15, 0.2) is 24.3 Å². The number of nitrogens with zero attached hydrogens (tertiary/aromatic N) is 1. The van der Waals surface area contributed by atoms with Crippen LogP contribution in [0.5, 0.6) is 5.75 Å². The summed E-state index contributed by atoms with van der Waals surface area (Å²) >= 11 is 0. The Hall–Kier alpha value is -1.64. The van der Waals surface area contributed by atoms with Crippen molar-refractivity contribution in [2.45, 2.75) is 75.7 Å². The minimum absolute atomic E-state index is 0.0923. The van der Waals surface area contributed by atoms with Crippen LogP contribution in [0.1, 0.15) is 56.9 Å². The molecule has 1 amide bonds. The van der Waals surface area contributed by atoms with E-state index in [0.717, 1.165) is 37.7 Å². The first kappa shape index (κ1) is 21.6. The standard InChI is InChI=1S/C22H32N2O5S/c1-3-20-22(25)24-13-12-18(23-30(2,26)27)19(24)14-28-16-10-8-15(9-11-16)17-6-4-5-7-21(17)29-20/h4-7,15-16,18-20,23H,3,8-14H2,1-2H3/t15?,16?,18?,19?,20-/m0/s1. The Bertz CT molecular complexity index is 866. The Morgan fingerprint density at radius 3 is 2.57 bits per heavy atom. The molecular weight excluding hydrogens is 404 g/mol. The minimum atomic E-state index is -3.38. The first-order valence-electron chi connectivity index (χ1n) is 11.0. The number of hydrogen-bond donors (Lipinski definition) is 1. The second kappa shape index (κ2) is 8.85. The molecule has 1 saturated heterocycles. The number of rotatable bonds is 3. The van der Waals surface area contributed by atoms with E-state index in [0.29, 0.717) is 31.9 Å². The average Bonchev–Trinajstić information content (AvgIpc) is 3.11. The van der Waals surface area contributed by atoms with Crippen molar-refractivity contribution in [1.29, 1.82) is 0 Å². The molecule has 1 aliphatic carbocycles. The molecule has 3 heterocycles. The third-order valence-corrected chi connectivity index (χ3v) is 7.38. The van der Waals surface area contributed by atoms with Gasteiger partial charge < -0.3 is 14.4 Å². The predicted molar refractivity (Wildman–Crippen MR) is 114 cm³/mol. The number of nitrogens with one attached hydrogen (secondary N) is 1. The van der Waals surface area contributed by atoms with Gasteiger partial charge in [-0.2, -0.15) is 0 Å². The Kier molecular flexibility index (Phi) is 6.36. The van der Waals surface area contributed by atoms with Crippen LogP contribution in [0.2, 0.25) is 0 Å². The van der Waals surface area contributed by atoms with Crippen LogP contribution in [0, 0.1) is 0 Å². The maximum absolute atomic E-state index is 13.4. The highest BCUT2D eigenvalue weighted by atomic mass is 32.2. The summed E-state index contributed by atoms with van der Waals surface area (Å²) in [6, 6.07) is 7.40. The predicted octanol–water partition coefficient (Wildman–Crippen LogP) is 2.42. The fourth-order valence-corrected chi connectivity index (χ4v) is 5.92. The van der Waals surface area contributed by atoms with Gasteiger partial charge in [0, 0.05) is 12.6 Å². The number of carbonyl (C=O) groups is 1. The van der Waals surface area contributed by atoms with Crippen molar-refractivity contribution in [2.75, 3.05) is 19.4 Å². The van der Waals surface area contributed by atoms with Gasteiger partial charge in [-0.3, -0.25) is 4.79 Å². The van der Waals surface area contributed by atoms with E-state index in [-0.39, 0.29) is 24.1 Å². The minimum Gasteiger partial charge on any atom is -0.480 e. The van der Waals surface area contributed by atoms with Crippen molar-refractivity contribution < 1.29 is 22.7 Å². The van der Waals surface area contributed by atoms with E-state index in [4.69, 9.17) is 9.47 Å². The number of fused-ring (bicyclic) bond motifs is 5. The van der Waals surface area contributed by atoms with Crippen LogP contribution >= 0.6 is 0 Å². The van der Waals surface area contributed by atoms with Crippen LogP contribution < -0.4 is 9.46 Å². The monoisotopic (exact) mass is 436 g/mol. The summed E-state index contributed by atoms with van der Waals surface area (Å²) in [6.07, 6.45) is 5.80. The number of benzene rings is 1. The number of carbonyl (C=O) groups excluding carboxylic acids is 1. The number of amides is 1. The molecule has 5 rings (SSSR count). The fraction of sp³-hybridized carbons (Fsp3) is 0.682. The van der Waals surface area contributed by atoms with Crippen molar-refractivity contribution in [3.8, 4) is 5.75 Å². The van der Waals surface area contributed by atoms with Gasteiger partial charge in [0.05, 0.1) is 25.0 Å². The highest BCUT2D eigenvalue weighted by Crippen LogP contribution is 2.39. The van der Waals surface area contributed by atoms with E-state index in [1.807, 2.05) is 25.1 Å². The van der Waals surface area contributed by atoms with Gasteiger partial charge in [-0.25, -0.2) is 13.1 Å². The van der Waals surface area contributed by atoms with Crippen LogP contribution in [0.3, 0.4) is 0 Å². The molecule has 1 N–H and O–H groups in total. The highest BCUT2D eigenvalue weighted by molar-refractivity contribution is 7.88. The number of sulfonamides is 1. The third kappa shape index (κ3) is 4.65.